The monoisotopic (exact) mass is 186 g/mol. The van der Waals surface area contributed by atoms with E-state index in [9.17, 15) is 4.79 Å². The molecule has 3 nitrogen and oxygen atoms in total. The zero-order valence-electron chi connectivity index (χ0n) is 7.91. The fraction of sp³-hybridized carbons (Fsp3) is 0.900. The number of aliphatic hydroxyl groups excluding tert-OH is 1. The quantitative estimate of drug-likeness (QED) is 0.703. The molecular formula is C10H18O3. The summed E-state index contributed by atoms with van der Waals surface area (Å²) in [5, 5.41) is 17.5. The molecule has 0 aromatic heterocycles. The van der Waals surface area contributed by atoms with Crippen LogP contribution in [0.3, 0.4) is 0 Å². The molecule has 0 aromatic carbocycles. The number of hydrogen-bond donors (Lipinski definition) is 2. The highest BCUT2D eigenvalue weighted by molar-refractivity contribution is 5.71. The van der Waals surface area contributed by atoms with Crippen molar-refractivity contribution in [2.24, 2.45) is 5.92 Å². The summed E-state index contributed by atoms with van der Waals surface area (Å²) in [5.74, 6) is -0.432. The lowest BCUT2D eigenvalue weighted by molar-refractivity contribution is -0.147. The smallest absolute Gasteiger partial charge is 0.332 e. The predicted octanol–water partition coefficient (Wildman–Crippen LogP) is 1.79. The van der Waals surface area contributed by atoms with Gasteiger partial charge in [-0.15, -0.1) is 0 Å². The molecule has 1 aliphatic rings. The molecule has 1 saturated carbocycles. The van der Waals surface area contributed by atoms with E-state index in [-0.39, 0.29) is 0 Å². The normalized spacial score (nSPS) is 21.3. The third-order valence-corrected chi connectivity index (χ3v) is 2.86. The molecule has 3 heteroatoms. The van der Waals surface area contributed by atoms with Gasteiger partial charge in [0.1, 0.15) is 0 Å². The topological polar surface area (TPSA) is 57.5 Å². The molecule has 0 heterocycles. The number of aliphatic hydroxyl groups is 1. The van der Waals surface area contributed by atoms with E-state index in [2.05, 4.69) is 0 Å². The van der Waals surface area contributed by atoms with E-state index in [1.807, 2.05) is 0 Å². The van der Waals surface area contributed by atoms with Gasteiger partial charge in [-0.2, -0.15) is 0 Å². The van der Waals surface area contributed by atoms with Gasteiger partial charge < -0.3 is 10.2 Å². The van der Waals surface area contributed by atoms with E-state index in [4.69, 9.17) is 10.2 Å². The number of aliphatic carboxylic acids is 1. The molecule has 13 heavy (non-hydrogen) atoms. The van der Waals surface area contributed by atoms with Gasteiger partial charge in [0.2, 0.25) is 0 Å². The Morgan fingerprint density at radius 3 is 2.46 bits per heavy atom. The van der Waals surface area contributed by atoms with Gasteiger partial charge in [0.05, 0.1) is 0 Å². The average molecular weight is 186 g/mol. The predicted molar refractivity (Wildman–Crippen MR) is 49.5 cm³/mol. The fourth-order valence-corrected chi connectivity index (χ4v) is 1.99. The second-order valence-electron chi connectivity index (χ2n) is 3.94. The molecule has 76 valence electrons. The van der Waals surface area contributed by atoms with E-state index in [0.29, 0.717) is 12.3 Å². The Kier molecular flexibility index (Phi) is 4.22. The SMILES string of the molecule is O=C(O)C(O)CCC1CCCCC1. The van der Waals surface area contributed by atoms with Crippen LogP contribution in [-0.2, 0) is 4.79 Å². The largest absolute Gasteiger partial charge is 0.479 e. The summed E-state index contributed by atoms with van der Waals surface area (Å²) in [5.41, 5.74) is 0. The standard InChI is InChI=1S/C10H18O3/c11-9(10(12)13)7-6-8-4-2-1-3-5-8/h8-9,11H,1-7H2,(H,12,13). The summed E-state index contributed by atoms with van der Waals surface area (Å²) in [7, 11) is 0. The minimum absolute atomic E-state index is 0.417. The van der Waals surface area contributed by atoms with E-state index in [1.165, 1.54) is 32.1 Å². The van der Waals surface area contributed by atoms with Crippen molar-refractivity contribution in [1.29, 1.82) is 0 Å². The molecule has 1 aliphatic carbocycles. The van der Waals surface area contributed by atoms with E-state index in [0.717, 1.165) is 6.42 Å². The molecule has 0 aliphatic heterocycles. The molecule has 0 aromatic rings. The van der Waals surface area contributed by atoms with Gasteiger partial charge in [-0.1, -0.05) is 32.1 Å². The van der Waals surface area contributed by atoms with Crippen LogP contribution in [-0.4, -0.2) is 22.3 Å². The third-order valence-electron chi connectivity index (χ3n) is 2.86. The van der Waals surface area contributed by atoms with Gasteiger partial charge in [0, 0.05) is 0 Å². The van der Waals surface area contributed by atoms with Crippen LogP contribution in [0.1, 0.15) is 44.9 Å². The van der Waals surface area contributed by atoms with Crippen molar-refractivity contribution in [3.05, 3.63) is 0 Å². The van der Waals surface area contributed by atoms with E-state index in [1.54, 1.807) is 0 Å². The van der Waals surface area contributed by atoms with Gasteiger partial charge in [-0.3, -0.25) is 0 Å². The zero-order valence-corrected chi connectivity index (χ0v) is 7.91. The Hall–Kier alpha value is -0.570. The minimum Gasteiger partial charge on any atom is -0.479 e. The number of carboxylic acid groups (broad SMARTS) is 1. The summed E-state index contributed by atoms with van der Waals surface area (Å²) in [6.07, 6.45) is 6.42. The summed E-state index contributed by atoms with van der Waals surface area (Å²) in [6.45, 7) is 0. The number of rotatable bonds is 4. The van der Waals surface area contributed by atoms with Crippen molar-refractivity contribution in [1.82, 2.24) is 0 Å². The van der Waals surface area contributed by atoms with Crippen LogP contribution in [0.5, 0.6) is 0 Å². The van der Waals surface area contributed by atoms with Gasteiger partial charge in [-0.25, -0.2) is 4.79 Å². The number of carboxylic acids is 1. The highest BCUT2D eigenvalue weighted by Crippen LogP contribution is 2.27. The molecule has 0 bridgehead atoms. The Morgan fingerprint density at radius 2 is 1.92 bits per heavy atom. The summed E-state index contributed by atoms with van der Waals surface area (Å²) in [4.78, 5) is 10.3. The van der Waals surface area contributed by atoms with Gasteiger partial charge >= 0.3 is 5.97 Å². The van der Waals surface area contributed by atoms with Crippen LogP contribution in [0.25, 0.3) is 0 Å². The number of carbonyl (C=O) groups is 1. The second-order valence-corrected chi connectivity index (χ2v) is 3.94. The van der Waals surface area contributed by atoms with Crippen LogP contribution in [0.15, 0.2) is 0 Å². The van der Waals surface area contributed by atoms with Crippen LogP contribution < -0.4 is 0 Å². The van der Waals surface area contributed by atoms with Gasteiger partial charge in [0.15, 0.2) is 6.10 Å². The zero-order chi connectivity index (χ0) is 9.68. The van der Waals surface area contributed by atoms with Crippen molar-refractivity contribution < 1.29 is 15.0 Å². The molecule has 1 unspecified atom stereocenters. The molecule has 0 amide bonds. The summed E-state index contributed by atoms with van der Waals surface area (Å²) < 4.78 is 0. The van der Waals surface area contributed by atoms with Crippen LogP contribution in [0.2, 0.25) is 0 Å². The highest BCUT2D eigenvalue weighted by Gasteiger charge is 2.18. The maximum absolute atomic E-state index is 10.3. The summed E-state index contributed by atoms with van der Waals surface area (Å²) >= 11 is 0. The first-order valence-corrected chi connectivity index (χ1v) is 5.11. The summed E-state index contributed by atoms with van der Waals surface area (Å²) in [6, 6.07) is 0. The Morgan fingerprint density at radius 1 is 1.31 bits per heavy atom. The Labute approximate surface area is 78.8 Å². The molecule has 2 N–H and O–H groups in total. The lowest BCUT2D eigenvalue weighted by Crippen LogP contribution is -2.20. The lowest BCUT2D eigenvalue weighted by Gasteiger charge is -2.21. The van der Waals surface area contributed by atoms with Gasteiger partial charge in [0.25, 0.3) is 0 Å². The van der Waals surface area contributed by atoms with Crippen LogP contribution in [0, 0.1) is 5.92 Å². The van der Waals surface area contributed by atoms with Crippen molar-refractivity contribution in [2.75, 3.05) is 0 Å². The first-order valence-electron chi connectivity index (χ1n) is 5.11. The number of hydrogen-bond acceptors (Lipinski definition) is 2. The first-order chi connectivity index (χ1) is 6.20. The van der Waals surface area contributed by atoms with Crippen molar-refractivity contribution in [3.8, 4) is 0 Å². The molecule has 1 fully saturated rings. The molecule has 0 spiro atoms. The van der Waals surface area contributed by atoms with E-state index >= 15 is 0 Å². The fourth-order valence-electron chi connectivity index (χ4n) is 1.99. The molecule has 0 radical (unpaired) electrons. The van der Waals surface area contributed by atoms with Crippen molar-refractivity contribution in [2.45, 2.75) is 51.0 Å². The van der Waals surface area contributed by atoms with Crippen molar-refractivity contribution in [3.63, 3.8) is 0 Å². The third kappa shape index (κ3) is 3.77. The Balaban J connectivity index is 2.13. The lowest BCUT2D eigenvalue weighted by atomic mass is 9.85. The minimum atomic E-state index is -1.15. The average Bonchev–Trinajstić information content (AvgIpc) is 2.15. The Bertz CT molecular complexity index is 162. The van der Waals surface area contributed by atoms with Crippen LogP contribution in [0.4, 0.5) is 0 Å². The van der Waals surface area contributed by atoms with E-state index < -0.39 is 12.1 Å². The maximum atomic E-state index is 10.3. The molecule has 1 atom stereocenters. The first kappa shape index (κ1) is 10.5. The second kappa shape index (κ2) is 5.22. The van der Waals surface area contributed by atoms with Crippen LogP contribution >= 0.6 is 0 Å². The van der Waals surface area contributed by atoms with Crippen molar-refractivity contribution >= 4 is 5.97 Å². The molecular weight excluding hydrogens is 168 g/mol. The highest BCUT2D eigenvalue weighted by atomic mass is 16.4. The van der Waals surface area contributed by atoms with Gasteiger partial charge in [-0.05, 0) is 18.8 Å². The maximum Gasteiger partial charge on any atom is 0.332 e. The molecule has 0 saturated heterocycles. The molecule has 1 rings (SSSR count).